The molecule has 0 aliphatic rings. The van der Waals surface area contributed by atoms with Gasteiger partial charge < -0.3 is 5.32 Å². The molecule has 2 aromatic rings. The van der Waals surface area contributed by atoms with E-state index in [0.717, 1.165) is 6.54 Å². The summed E-state index contributed by atoms with van der Waals surface area (Å²) in [6.07, 6.45) is 3.25. The molecule has 0 unspecified atom stereocenters. The van der Waals surface area contributed by atoms with Crippen molar-refractivity contribution in [3.05, 3.63) is 84.1 Å². The first-order valence-electron chi connectivity index (χ1n) is 5.89. The molecule has 2 aromatic carbocycles. The third-order valence-electron chi connectivity index (χ3n) is 2.56. The summed E-state index contributed by atoms with van der Waals surface area (Å²) in [5, 5.41) is 3.10. The van der Waals surface area contributed by atoms with Crippen LogP contribution in [-0.2, 0) is 6.54 Å². The zero-order valence-corrected chi connectivity index (χ0v) is 10.0. The van der Waals surface area contributed by atoms with Crippen LogP contribution >= 0.6 is 0 Å². The number of nitrogens with one attached hydrogen (secondary N) is 1. The molecule has 1 N–H and O–H groups in total. The molecule has 0 saturated heterocycles. The molecule has 90 valence electrons. The average molecular weight is 237 g/mol. The van der Waals surface area contributed by atoms with Crippen LogP contribution in [0.4, 0.5) is 0 Å². The fourth-order valence-electron chi connectivity index (χ4n) is 1.61. The fraction of sp³-hybridized carbons (Fsp3) is 0.0625. The van der Waals surface area contributed by atoms with Crippen LogP contribution in [0.2, 0.25) is 0 Å². The van der Waals surface area contributed by atoms with E-state index in [1.165, 1.54) is 5.56 Å². The van der Waals surface area contributed by atoms with Gasteiger partial charge in [-0.3, -0.25) is 4.79 Å². The van der Waals surface area contributed by atoms with E-state index in [9.17, 15) is 4.79 Å². The molecular weight excluding hydrogens is 222 g/mol. The number of benzene rings is 2. The van der Waals surface area contributed by atoms with Crippen molar-refractivity contribution in [3.63, 3.8) is 0 Å². The number of hydrogen-bond acceptors (Lipinski definition) is 2. The smallest absolute Gasteiger partial charge is 0.187 e. The van der Waals surface area contributed by atoms with Gasteiger partial charge in [-0.05, 0) is 5.56 Å². The standard InChI is InChI=1S/C16H15NO/c18-16(15-9-5-2-6-10-15)11-12-17-13-14-7-3-1-4-8-14/h1-12,17H,13H2. The Morgan fingerprint density at radius 3 is 2.22 bits per heavy atom. The number of hydrogen-bond donors (Lipinski definition) is 1. The second kappa shape index (κ2) is 6.40. The summed E-state index contributed by atoms with van der Waals surface area (Å²) in [5.74, 6) is 0.0103. The molecule has 0 saturated carbocycles. The van der Waals surface area contributed by atoms with Gasteiger partial charge in [-0.2, -0.15) is 0 Å². The third kappa shape index (κ3) is 3.59. The summed E-state index contributed by atoms with van der Waals surface area (Å²) in [4.78, 5) is 11.7. The van der Waals surface area contributed by atoms with E-state index in [-0.39, 0.29) is 5.78 Å². The van der Waals surface area contributed by atoms with Gasteiger partial charge in [0.2, 0.25) is 0 Å². The van der Waals surface area contributed by atoms with E-state index in [4.69, 9.17) is 0 Å². The van der Waals surface area contributed by atoms with Crippen molar-refractivity contribution in [1.82, 2.24) is 5.32 Å². The minimum absolute atomic E-state index is 0.0103. The van der Waals surface area contributed by atoms with E-state index in [2.05, 4.69) is 5.32 Å². The average Bonchev–Trinajstić information content (AvgIpc) is 2.45. The maximum absolute atomic E-state index is 11.7. The van der Waals surface area contributed by atoms with Crippen LogP contribution in [0, 0.1) is 0 Å². The highest BCUT2D eigenvalue weighted by atomic mass is 16.1. The van der Waals surface area contributed by atoms with Gasteiger partial charge in [-0.25, -0.2) is 0 Å². The van der Waals surface area contributed by atoms with Gasteiger partial charge in [0.15, 0.2) is 5.78 Å². The number of rotatable bonds is 5. The van der Waals surface area contributed by atoms with Gasteiger partial charge in [0, 0.05) is 24.4 Å². The molecule has 18 heavy (non-hydrogen) atoms. The molecule has 2 heteroatoms. The highest BCUT2D eigenvalue weighted by Gasteiger charge is 1.98. The Morgan fingerprint density at radius 1 is 0.944 bits per heavy atom. The fourth-order valence-corrected chi connectivity index (χ4v) is 1.61. The molecule has 0 spiro atoms. The highest BCUT2D eigenvalue weighted by Crippen LogP contribution is 2.01. The van der Waals surface area contributed by atoms with Crippen LogP contribution in [0.1, 0.15) is 15.9 Å². The molecule has 0 bridgehead atoms. The molecule has 0 fully saturated rings. The summed E-state index contributed by atoms with van der Waals surface area (Å²) in [7, 11) is 0. The predicted molar refractivity (Wildman–Crippen MR) is 73.2 cm³/mol. The van der Waals surface area contributed by atoms with Gasteiger partial charge in [-0.15, -0.1) is 0 Å². The minimum Gasteiger partial charge on any atom is -0.387 e. The Balaban J connectivity index is 1.84. The molecule has 2 rings (SSSR count). The van der Waals surface area contributed by atoms with E-state index < -0.39 is 0 Å². The lowest BCUT2D eigenvalue weighted by Gasteiger charge is -2.00. The molecule has 0 aliphatic carbocycles. The monoisotopic (exact) mass is 237 g/mol. The zero-order chi connectivity index (χ0) is 12.6. The second-order valence-corrected chi connectivity index (χ2v) is 3.93. The Morgan fingerprint density at radius 2 is 1.56 bits per heavy atom. The highest BCUT2D eigenvalue weighted by molar-refractivity contribution is 6.04. The number of allylic oxidation sites excluding steroid dienone is 1. The summed E-state index contributed by atoms with van der Waals surface area (Å²) in [6.45, 7) is 0.722. The van der Waals surface area contributed by atoms with Crippen molar-refractivity contribution in [3.8, 4) is 0 Å². The predicted octanol–water partition coefficient (Wildman–Crippen LogP) is 3.17. The minimum atomic E-state index is 0.0103. The quantitative estimate of drug-likeness (QED) is 0.639. The van der Waals surface area contributed by atoms with Gasteiger partial charge in [0.25, 0.3) is 0 Å². The Labute approximate surface area is 107 Å². The van der Waals surface area contributed by atoms with E-state index >= 15 is 0 Å². The molecule has 0 atom stereocenters. The first-order chi connectivity index (χ1) is 8.86. The van der Waals surface area contributed by atoms with Crippen LogP contribution in [-0.4, -0.2) is 5.78 Å². The van der Waals surface area contributed by atoms with Crippen molar-refractivity contribution in [2.24, 2.45) is 0 Å². The summed E-state index contributed by atoms with van der Waals surface area (Å²) < 4.78 is 0. The van der Waals surface area contributed by atoms with Gasteiger partial charge in [-0.1, -0.05) is 60.7 Å². The van der Waals surface area contributed by atoms with E-state index in [0.29, 0.717) is 5.56 Å². The van der Waals surface area contributed by atoms with Crippen molar-refractivity contribution < 1.29 is 4.79 Å². The Kier molecular flexibility index (Phi) is 4.31. The summed E-state index contributed by atoms with van der Waals surface area (Å²) in [5.41, 5.74) is 1.89. The first kappa shape index (κ1) is 12.1. The Bertz CT molecular complexity index is 517. The lowest BCUT2D eigenvalue weighted by molar-refractivity contribution is 0.104. The summed E-state index contributed by atoms with van der Waals surface area (Å²) >= 11 is 0. The second-order valence-electron chi connectivity index (χ2n) is 3.93. The van der Waals surface area contributed by atoms with Crippen molar-refractivity contribution in [1.29, 1.82) is 0 Å². The largest absolute Gasteiger partial charge is 0.387 e. The van der Waals surface area contributed by atoms with E-state index in [1.54, 1.807) is 12.3 Å². The van der Waals surface area contributed by atoms with Crippen molar-refractivity contribution in [2.45, 2.75) is 6.54 Å². The van der Waals surface area contributed by atoms with E-state index in [1.807, 2.05) is 60.7 Å². The number of carbonyl (C=O) groups excluding carboxylic acids is 1. The topological polar surface area (TPSA) is 29.1 Å². The van der Waals surface area contributed by atoms with Crippen molar-refractivity contribution in [2.75, 3.05) is 0 Å². The first-order valence-corrected chi connectivity index (χ1v) is 5.89. The van der Waals surface area contributed by atoms with Crippen LogP contribution in [0.15, 0.2) is 72.9 Å². The normalized spacial score (nSPS) is 10.4. The van der Waals surface area contributed by atoms with Crippen LogP contribution in [0.25, 0.3) is 0 Å². The third-order valence-corrected chi connectivity index (χ3v) is 2.56. The maximum atomic E-state index is 11.7. The van der Waals surface area contributed by atoms with Crippen molar-refractivity contribution >= 4 is 5.78 Å². The lowest BCUT2D eigenvalue weighted by Crippen LogP contribution is -2.05. The SMILES string of the molecule is O=C(C=CNCc1ccccc1)c1ccccc1. The van der Waals surface area contributed by atoms with Gasteiger partial charge >= 0.3 is 0 Å². The number of carbonyl (C=O) groups is 1. The molecule has 0 radical (unpaired) electrons. The Hall–Kier alpha value is -2.35. The molecule has 0 aliphatic heterocycles. The molecule has 0 aromatic heterocycles. The maximum Gasteiger partial charge on any atom is 0.187 e. The van der Waals surface area contributed by atoms with Gasteiger partial charge in [0.05, 0.1) is 0 Å². The molecule has 2 nitrogen and oxygen atoms in total. The zero-order valence-electron chi connectivity index (χ0n) is 10.0. The van der Waals surface area contributed by atoms with Crippen LogP contribution in [0.5, 0.6) is 0 Å². The summed E-state index contributed by atoms with van der Waals surface area (Å²) in [6, 6.07) is 19.3. The lowest BCUT2D eigenvalue weighted by atomic mass is 10.1. The molecular formula is C16H15NO. The molecule has 0 amide bonds. The molecule has 0 heterocycles. The van der Waals surface area contributed by atoms with Crippen LogP contribution in [0.3, 0.4) is 0 Å². The van der Waals surface area contributed by atoms with Gasteiger partial charge in [0.1, 0.15) is 0 Å². The van der Waals surface area contributed by atoms with Crippen LogP contribution < -0.4 is 5.32 Å². The number of ketones is 1.